The molecule has 7 nitrogen and oxygen atoms in total. The number of carbonyl (C=O) groups is 2. The molecule has 1 N–H and O–H groups in total. The van der Waals surface area contributed by atoms with Crippen molar-refractivity contribution in [2.75, 3.05) is 17.4 Å². The maximum atomic E-state index is 14.0. The summed E-state index contributed by atoms with van der Waals surface area (Å²) in [6, 6.07) is 15.1. The third-order valence-corrected chi connectivity index (χ3v) is 9.19. The van der Waals surface area contributed by atoms with Crippen molar-refractivity contribution >= 4 is 62.3 Å². The molecule has 0 aromatic heterocycles. The first kappa shape index (κ1) is 31.7. The van der Waals surface area contributed by atoms with Crippen LogP contribution in [0.15, 0.2) is 65.6 Å². The van der Waals surface area contributed by atoms with Gasteiger partial charge in [-0.2, -0.15) is 0 Å². The SMILES string of the molecule is CCCNC(=O)[C@H](C)N(Cc1ccc(Cl)cc1Cl)C(=O)CN(c1ccc(C)c(Cl)c1)S(=O)(=O)c1ccc(C)cc1. The van der Waals surface area contributed by atoms with E-state index in [4.69, 9.17) is 34.8 Å². The molecule has 0 fully saturated rings. The molecule has 0 aliphatic rings. The number of carbonyl (C=O) groups excluding carboxylic acids is 2. The summed E-state index contributed by atoms with van der Waals surface area (Å²) in [6.07, 6.45) is 0.714. The second-order valence-electron chi connectivity index (χ2n) is 9.48. The number of sulfonamides is 1. The molecule has 0 aliphatic carbocycles. The van der Waals surface area contributed by atoms with Gasteiger partial charge < -0.3 is 10.2 Å². The number of benzene rings is 3. The molecule has 11 heteroatoms. The molecule has 3 aromatic rings. The number of hydrogen-bond donors (Lipinski definition) is 1. The molecule has 0 bridgehead atoms. The number of aryl methyl sites for hydroxylation is 2. The second kappa shape index (κ2) is 13.7. The van der Waals surface area contributed by atoms with Gasteiger partial charge in [0, 0.05) is 28.2 Å². The lowest BCUT2D eigenvalue weighted by atomic mass is 10.1. The van der Waals surface area contributed by atoms with Gasteiger partial charge in [0.05, 0.1) is 10.6 Å². The van der Waals surface area contributed by atoms with Crippen LogP contribution in [0.2, 0.25) is 15.1 Å². The standard InChI is InChI=1S/C29H32Cl3N3O4S/c1-5-14-33-29(37)21(4)34(17-22-9-10-23(30)15-27(22)32)28(36)18-35(24-11-8-20(3)26(31)16-24)40(38,39)25-12-6-19(2)7-13-25/h6-13,15-16,21H,5,14,17-18H2,1-4H3,(H,33,37)/t21-/m0/s1. The monoisotopic (exact) mass is 623 g/mol. The van der Waals surface area contributed by atoms with Gasteiger partial charge in [-0.05, 0) is 74.7 Å². The smallest absolute Gasteiger partial charge is 0.264 e. The largest absolute Gasteiger partial charge is 0.354 e. The second-order valence-corrected chi connectivity index (χ2v) is 12.6. The van der Waals surface area contributed by atoms with Gasteiger partial charge in [-0.1, -0.05) is 71.6 Å². The van der Waals surface area contributed by atoms with Crippen molar-refractivity contribution < 1.29 is 18.0 Å². The first-order chi connectivity index (χ1) is 18.8. The highest BCUT2D eigenvalue weighted by molar-refractivity contribution is 7.92. The fourth-order valence-corrected chi connectivity index (χ4v) is 5.96. The van der Waals surface area contributed by atoms with Crippen molar-refractivity contribution in [1.29, 1.82) is 0 Å². The van der Waals surface area contributed by atoms with Gasteiger partial charge in [0.25, 0.3) is 10.0 Å². The molecule has 0 spiro atoms. The Morgan fingerprint density at radius 3 is 2.20 bits per heavy atom. The zero-order valence-electron chi connectivity index (χ0n) is 22.7. The molecule has 0 radical (unpaired) electrons. The number of halogens is 3. The fraction of sp³-hybridized carbons (Fsp3) is 0.310. The van der Waals surface area contributed by atoms with Crippen molar-refractivity contribution in [2.24, 2.45) is 0 Å². The Hall–Kier alpha value is -2.78. The van der Waals surface area contributed by atoms with Gasteiger partial charge >= 0.3 is 0 Å². The average molecular weight is 625 g/mol. The van der Waals surface area contributed by atoms with E-state index in [9.17, 15) is 18.0 Å². The van der Waals surface area contributed by atoms with Crippen molar-refractivity contribution in [1.82, 2.24) is 10.2 Å². The number of amides is 2. The highest BCUT2D eigenvalue weighted by Gasteiger charge is 2.33. The number of hydrogen-bond acceptors (Lipinski definition) is 4. The Labute approximate surface area is 251 Å². The van der Waals surface area contributed by atoms with E-state index in [1.54, 1.807) is 56.3 Å². The molecular weight excluding hydrogens is 593 g/mol. The number of anilines is 1. The van der Waals surface area contributed by atoms with Crippen LogP contribution in [0.4, 0.5) is 5.69 Å². The lowest BCUT2D eigenvalue weighted by molar-refractivity contribution is -0.139. The summed E-state index contributed by atoms with van der Waals surface area (Å²) < 4.78 is 28.8. The molecule has 214 valence electrons. The summed E-state index contributed by atoms with van der Waals surface area (Å²) in [5, 5.41) is 3.90. The topological polar surface area (TPSA) is 86.8 Å². The molecule has 0 saturated carbocycles. The predicted octanol–water partition coefficient (Wildman–Crippen LogP) is 6.40. The minimum Gasteiger partial charge on any atom is -0.354 e. The molecule has 40 heavy (non-hydrogen) atoms. The van der Waals surface area contributed by atoms with Crippen LogP contribution >= 0.6 is 34.8 Å². The number of nitrogens with one attached hydrogen (secondary N) is 1. The van der Waals surface area contributed by atoms with E-state index in [0.29, 0.717) is 33.6 Å². The number of rotatable bonds is 11. The van der Waals surface area contributed by atoms with Crippen LogP contribution in [0.1, 0.15) is 37.0 Å². The van der Waals surface area contributed by atoms with Gasteiger partial charge in [0.2, 0.25) is 11.8 Å². The van der Waals surface area contributed by atoms with E-state index in [-0.39, 0.29) is 23.0 Å². The predicted molar refractivity (Wildman–Crippen MR) is 162 cm³/mol. The summed E-state index contributed by atoms with van der Waals surface area (Å²) in [4.78, 5) is 28.2. The summed E-state index contributed by atoms with van der Waals surface area (Å²) in [6.45, 7) is 6.97. The van der Waals surface area contributed by atoms with Gasteiger partial charge in [-0.15, -0.1) is 0 Å². The molecule has 0 aliphatic heterocycles. The Morgan fingerprint density at radius 1 is 0.925 bits per heavy atom. The molecule has 3 aromatic carbocycles. The normalized spacial score (nSPS) is 12.1. The van der Waals surface area contributed by atoms with Gasteiger partial charge in [0.15, 0.2) is 0 Å². The first-order valence-corrected chi connectivity index (χ1v) is 15.3. The average Bonchev–Trinajstić information content (AvgIpc) is 2.91. The van der Waals surface area contributed by atoms with E-state index < -0.39 is 28.5 Å². The van der Waals surface area contributed by atoms with Crippen molar-refractivity contribution in [2.45, 2.75) is 51.6 Å². The minimum absolute atomic E-state index is 0.0173. The van der Waals surface area contributed by atoms with Crippen LogP contribution in [0.25, 0.3) is 0 Å². The maximum absolute atomic E-state index is 14.0. The lowest BCUT2D eigenvalue weighted by Crippen LogP contribution is -2.51. The Bertz CT molecular complexity index is 1480. The lowest BCUT2D eigenvalue weighted by Gasteiger charge is -2.32. The van der Waals surface area contributed by atoms with Crippen molar-refractivity contribution in [3.8, 4) is 0 Å². The van der Waals surface area contributed by atoms with E-state index in [1.165, 1.54) is 23.1 Å². The molecule has 0 saturated heterocycles. The quantitative estimate of drug-likeness (QED) is 0.267. The van der Waals surface area contributed by atoms with Crippen LogP contribution in [0.3, 0.4) is 0 Å². The van der Waals surface area contributed by atoms with Crippen LogP contribution in [0.5, 0.6) is 0 Å². The highest BCUT2D eigenvalue weighted by Crippen LogP contribution is 2.29. The van der Waals surface area contributed by atoms with Gasteiger partial charge in [-0.25, -0.2) is 8.42 Å². The van der Waals surface area contributed by atoms with E-state index in [2.05, 4.69) is 5.32 Å². The Kier molecular flexibility index (Phi) is 10.9. The summed E-state index contributed by atoms with van der Waals surface area (Å²) in [5.41, 5.74) is 2.42. The first-order valence-electron chi connectivity index (χ1n) is 12.7. The summed E-state index contributed by atoms with van der Waals surface area (Å²) >= 11 is 18.8. The fourth-order valence-electron chi connectivity index (χ4n) is 3.92. The minimum atomic E-state index is -4.19. The molecule has 3 rings (SSSR count). The molecule has 0 unspecified atom stereocenters. The van der Waals surface area contributed by atoms with E-state index >= 15 is 0 Å². The Balaban J connectivity index is 2.06. The number of nitrogens with zero attached hydrogens (tertiary/aromatic N) is 2. The van der Waals surface area contributed by atoms with Crippen LogP contribution in [0, 0.1) is 13.8 Å². The Morgan fingerprint density at radius 2 is 1.60 bits per heavy atom. The molecule has 1 atom stereocenters. The molecule has 0 heterocycles. The van der Waals surface area contributed by atoms with Gasteiger partial charge in [0.1, 0.15) is 12.6 Å². The van der Waals surface area contributed by atoms with Crippen molar-refractivity contribution in [3.63, 3.8) is 0 Å². The maximum Gasteiger partial charge on any atom is 0.264 e. The summed E-state index contributed by atoms with van der Waals surface area (Å²) in [7, 11) is -4.19. The third kappa shape index (κ3) is 7.69. The highest BCUT2D eigenvalue weighted by atomic mass is 35.5. The third-order valence-electron chi connectivity index (χ3n) is 6.40. The van der Waals surface area contributed by atoms with E-state index in [1.807, 2.05) is 13.8 Å². The molecular formula is C29H32Cl3N3O4S. The summed E-state index contributed by atoms with van der Waals surface area (Å²) in [5.74, 6) is -0.968. The van der Waals surface area contributed by atoms with Crippen LogP contribution in [-0.4, -0.2) is 44.3 Å². The van der Waals surface area contributed by atoms with Crippen LogP contribution < -0.4 is 9.62 Å². The zero-order valence-corrected chi connectivity index (χ0v) is 25.8. The van der Waals surface area contributed by atoms with Crippen molar-refractivity contribution in [3.05, 3.63) is 92.4 Å². The van der Waals surface area contributed by atoms with Gasteiger partial charge in [-0.3, -0.25) is 13.9 Å². The molecule has 2 amide bonds. The van der Waals surface area contributed by atoms with Crippen LogP contribution in [-0.2, 0) is 26.2 Å². The zero-order chi connectivity index (χ0) is 29.6. The van der Waals surface area contributed by atoms with E-state index in [0.717, 1.165) is 15.4 Å².